The van der Waals surface area contributed by atoms with Gasteiger partial charge in [0.1, 0.15) is 12.4 Å². The fourth-order valence-corrected chi connectivity index (χ4v) is 5.09. The molecule has 1 N–H and O–H groups in total. The number of fused-ring (bicyclic) bond motifs is 3. The van der Waals surface area contributed by atoms with Crippen molar-refractivity contribution >= 4 is 18.0 Å². The molecule has 1 unspecified atom stereocenters. The van der Waals surface area contributed by atoms with Crippen molar-refractivity contribution in [2.45, 2.75) is 31.1 Å². The first kappa shape index (κ1) is 22.2. The molecular formula is C25H26N2O7. The number of piperidine rings is 1. The summed E-state index contributed by atoms with van der Waals surface area (Å²) in [6, 6.07) is 12.8. The minimum Gasteiger partial charge on any atom is -0.491 e. The van der Waals surface area contributed by atoms with Gasteiger partial charge in [-0.05, 0) is 36.1 Å². The largest absolute Gasteiger partial charge is 0.491 e. The first-order valence-electron chi connectivity index (χ1n) is 11.3. The van der Waals surface area contributed by atoms with Gasteiger partial charge in [-0.15, -0.1) is 0 Å². The van der Waals surface area contributed by atoms with E-state index in [0.717, 1.165) is 16.7 Å². The number of hydrogen-bond donors (Lipinski definition) is 1. The first-order valence-corrected chi connectivity index (χ1v) is 11.3. The van der Waals surface area contributed by atoms with Crippen molar-refractivity contribution < 1.29 is 33.7 Å². The third-order valence-corrected chi connectivity index (χ3v) is 6.92. The van der Waals surface area contributed by atoms with Crippen molar-refractivity contribution in [3.63, 3.8) is 0 Å². The summed E-state index contributed by atoms with van der Waals surface area (Å²) in [6.07, 6.45) is -0.694. The molecule has 0 radical (unpaired) electrons. The standard InChI is InChI=1S/C25H26N2O7/c1-32-23(29)16-6-7-17-15-27(12-13-33-20(17)14-16)22(28)21-18-4-2-3-5-19(18)25(34-21)8-10-26(11-9-25)24(30)31/h2-7,14,21H,8-13,15H2,1H3,(H,30,31). The van der Waals surface area contributed by atoms with Gasteiger partial charge < -0.3 is 29.1 Å². The number of nitrogens with zero attached hydrogens (tertiary/aromatic N) is 2. The maximum absolute atomic E-state index is 13.7. The molecule has 9 nitrogen and oxygen atoms in total. The van der Waals surface area contributed by atoms with Gasteiger partial charge in [-0.2, -0.15) is 0 Å². The molecule has 5 rings (SSSR count). The topological polar surface area (TPSA) is 106 Å². The Labute approximate surface area is 196 Å². The van der Waals surface area contributed by atoms with E-state index in [0.29, 0.717) is 50.3 Å². The summed E-state index contributed by atoms with van der Waals surface area (Å²) in [5.41, 5.74) is 2.33. The zero-order valence-electron chi connectivity index (χ0n) is 18.9. The van der Waals surface area contributed by atoms with Crippen LogP contribution in [-0.2, 0) is 26.4 Å². The Morgan fingerprint density at radius 1 is 1.06 bits per heavy atom. The van der Waals surface area contributed by atoms with Crippen LogP contribution in [0, 0.1) is 0 Å². The van der Waals surface area contributed by atoms with Crippen molar-refractivity contribution in [2.24, 2.45) is 0 Å². The molecule has 1 saturated heterocycles. The average Bonchev–Trinajstić information content (AvgIpc) is 3.01. The third kappa shape index (κ3) is 3.75. The maximum Gasteiger partial charge on any atom is 0.407 e. The molecule has 2 amide bonds. The summed E-state index contributed by atoms with van der Waals surface area (Å²) in [6.45, 7) is 1.72. The SMILES string of the molecule is COC(=O)c1ccc2c(c1)OCCN(C(=O)C1OC3(CCN(C(=O)O)CC3)c3ccccc31)C2. The molecule has 3 aliphatic rings. The van der Waals surface area contributed by atoms with Crippen LogP contribution < -0.4 is 4.74 Å². The van der Waals surface area contributed by atoms with Crippen LogP contribution in [0.1, 0.15) is 46.0 Å². The molecule has 2 aromatic carbocycles. The minimum atomic E-state index is -0.938. The van der Waals surface area contributed by atoms with E-state index in [9.17, 15) is 19.5 Å². The monoisotopic (exact) mass is 466 g/mol. The zero-order chi connectivity index (χ0) is 23.9. The summed E-state index contributed by atoms with van der Waals surface area (Å²) in [5.74, 6) is -0.0410. The highest BCUT2D eigenvalue weighted by Gasteiger charge is 2.50. The number of carboxylic acid groups (broad SMARTS) is 1. The number of carbonyl (C=O) groups is 3. The first-order chi connectivity index (χ1) is 16.4. The molecule has 0 bridgehead atoms. The molecule has 34 heavy (non-hydrogen) atoms. The van der Waals surface area contributed by atoms with Gasteiger partial charge in [-0.25, -0.2) is 9.59 Å². The molecule has 3 heterocycles. The van der Waals surface area contributed by atoms with Crippen LogP contribution in [0.5, 0.6) is 5.75 Å². The van der Waals surface area contributed by atoms with E-state index in [1.54, 1.807) is 23.1 Å². The van der Waals surface area contributed by atoms with E-state index >= 15 is 0 Å². The quantitative estimate of drug-likeness (QED) is 0.679. The lowest BCUT2D eigenvalue weighted by Crippen LogP contribution is -2.45. The van der Waals surface area contributed by atoms with Gasteiger partial charge in [-0.1, -0.05) is 30.3 Å². The Hall–Kier alpha value is -3.59. The second-order valence-electron chi connectivity index (χ2n) is 8.77. The van der Waals surface area contributed by atoms with Crippen LogP contribution in [0.2, 0.25) is 0 Å². The Morgan fingerprint density at radius 3 is 2.56 bits per heavy atom. The molecule has 178 valence electrons. The van der Waals surface area contributed by atoms with Gasteiger partial charge >= 0.3 is 12.1 Å². The number of rotatable bonds is 2. The van der Waals surface area contributed by atoms with E-state index < -0.39 is 23.8 Å². The second kappa shape index (κ2) is 8.64. The zero-order valence-corrected chi connectivity index (χ0v) is 18.9. The van der Waals surface area contributed by atoms with E-state index in [1.807, 2.05) is 24.3 Å². The highest BCUT2D eigenvalue weighted by atomic mass is 16.5. The van der Waals surface area contributed by atoms with Gasteiger partial charge in [0.15, 0.2) is 6.10 Å². The van der Waals surface area contributed by atoms with Crippen LogP contribution >= 0.6 is 0 Å². The normalized spacial score (nSPS) is 20.7. The Morgan fingerprint density at radius 2 is 1.82 bits per heavy atom. The number of benzene rings is 2. The van der Waals surface area contributed by atoms with Crippen LogP contribution in [0.3, 0.4) is 0 Å². The number of hydrogen-bond acceptors (Lipinski definition) is 6. The number of ether oxygens (including phenoxy) is 3. The number of esters is 1. The minimum absolute atomic E-state index is 0.154. The number of likely N-dealkylation sites (tertiary alicyclic amines) is 1. The summed E-state index contributed by atoms with van der Waals surface area (Å²) in [4.78, 5) is 40.1. The third-order valence-electron chi connectivity index (χ3n) is 6.92. The highest BCUT2D eigenvalue weighted by Crippen LogP contribution is 2.50. The van der Waals surface area contributed by atoms with Gasteiger partial charge in [-0.3, -0.25) is 4.79 Å². The van der Waals surface area contributed by atoms with Crippen molar-refractivity contribution in [2.75, 3.05) is 33.4 Å². The highest BCUT2D eigenvalue weighted by molar-refractivity contribution is 5.90. The van der Waals surface area contributed by atoms with Crippen LogP contribution in [-0.4, -0.2) is 66.2 Å². The van der Waals surface area contributed by atoms with Crippen molar-refractivity contribution in [1.82, 2.24) is 9.80 Å². The molecule has 1 atom stereocenters. The fourth-order valence-electron chi connectivity index (χ4n) is 5.09. The Kier molecular flexibility index (Phi) is 5.65. The van der Waals surface area contributed by atoms with E-state index in [-0.39, 0.29) is 12.5 Å². The lowest BCUT2D eigenvalue weighted by atomic mass is 9.83. The van der Waals surface area contributed by atoms with Gasteiger partial charge in [0.2, 0.25) is 0 Å². The molecule has 0 saturated carbocycles. The molecular weight excluding hydrogens is 440 g/mol. The van der Waals surface area contributed by atoms with Crippen molar-refractivity contribution in [3.05, 3.63) is 64.7 Å². The molecule has 9 heteroatoms. The number of methoxy groups -OCH3 is 1. The lowest BCUT2D eigenvalue weighted by Gasteiger charge is -2.38. The lowest BCUT2D eigenvalue weighted by molar-refractivity contribution is -0.160. The number of carbonyl (C=O) groups excluding carboxylic acids is 2. The van der Waals surface area contributed by atoms with Crippen molar-refractivity contribution in [1.29, 1.82) is 0 Å². The molecule has 0 aliphatic carbocycles. The van der Waals surface area contributed by atoms with E-state index in [4.69, 9.17) is 14.2 Å². The van der Waals surface area contributed by atoms with Crippen LogP contribution in [0.25, 0.3) is 0 Å². The molecule has 3 aliphatic heterocycles. The fraction of sp³-hybridized carbons (Fsp3) is 0.400. The average molecular weight is 466 g/mol. The molecule has 2 aromatic rings. The predicted octanol–water partition coefficient (Wildman–Crippen LogP) is 2.93. The summed E-state index contributed by atoms with van der Waals surface area (Å²) >= 11 is 0. The molecule has 0 aromatic heterocycles. The second-order valence-corrected chi connectivity index (χ2v) is 8.77. The Balaban J connectivity index is 1.39. The molecule has 1 spiro atoms. The summed E-state index contributed by atoms with van der Waals surface area (Å²) < 4.78 is 17.1. The summed E-state index contributed by atoms with van der Waals surface area (Å²) in [7, 11) is 1.33. The Bertz CT molecular complexity index is 1140. The van der Waals surface area contributed by atoms with Gasteiger partial charge in [0.25, 0.3) is 5.91 Å². The smallest absolute Gasteiger partial charge is 0.407 e. The van der Waals surface area contributed by atoms with Crippen molar-refractivity contribution in [3.8, 4) is 5.75 Å². The van der Waals surface area contributed by atoms with Crippen LogP contribution in [0.15, 0.2) is 42.5 Å². The maximum atomic E-state index is 13.7. The van der Waals surface area contributed by atoms with E-state index in [2.05, 4.69) is 0 Å². The van der Waals surface area contributed by atoms with Gasteiger partial charge in [0, 0.05) is 25.2 Å². The summed E-state index contributed by atoms with van der Waals surface area (Å²) in [5, 5.41) is 9.33. The van der Waals surface area contributed by atoms with E-state index in [1.165, 1.54) is 12.0 Å². The van der Waals surface area contributed by atoms with Gasteiger partial charge in [0.05, 0.1) is 24.8 Å². The van der Waals surface area contributed by atoms with Crippen LogP contribution in [0.4, 0.5) is 4.79 Å². The predicted molar refractivity (Wildman–Crippen MR) is 119 cm³/mol. The molecule has 1 fully saturated rings. The number of amides is 2.